The monoisotopic (exact) mass is 197 g/mol. The van der Waals surface area contributed by atoms with Gasteiger partial charge in [-0.05, 0) is 25.8 Å². The fourth-order valence-corrected chi connectivity index (χ4v) is 2.80. The average molecular weight is 197 g/mol. The number of hydrogen-bond donors (Lipinski definition) is 1. The third-order valence-corrected chi connectivity index (χ3v) is 3.74. The predicted octanol–water partition coefficient (Wildman–Crippen LogP) is 2.27. The highest BCUT2D eigenvalue weighted by atomic mass is 32.2. The molecule has 74 valence electrons. The van der Waals surface area contributed by atoms with Crippen LogP contribution in [0, 0.1) is 12.3 Å². The molecule has 1 aliphatic heterocycles. The number of hydrogen-bond acceptors (Lipinski definition) is 2. The SMILES string of the molecule is C#CCCCCNC1CSC(C)C1. The lowest BCUT2D eigenvalue weighted by Gasteiger charge is -2.10. The Morgan fingerprint density at radius 3 is 3.00 bits per heavy atom. The van der Waals surface area contributed by atoms with Crippen LogP contribution in [0.5, 0.6) is 0 Å². The number of terminal acetylenes is 1. The van der Waals surface area contributed by atoms with E-state index in [0.717, 1.165) is 24.3 Å². The third kappa shape index (κ3) is 4.59. The molecule has 0 saturated carbocycles. The van der Waals surface area contributed by atoms with Gasteiger partial charge in [0.05, 0.1) is 0 Å². The van der Waals surface area contributed by atoms with E-state index in [4.69, 9.17) is 6.42 Å². The lowest BCUT2D eigenvalue weighted by atomic mass is 10.2. The van der Waals surface area contributed by atoms with Gasteiger partial charge in [0.25, 0.3) is 0 Å². The maximum atomic E-state index is 5.18. The molecule has 0 bridgehead atoms. The van der Waals surface area contributed by atoms with Crippen molar-refractivity contribution in [2.75, 3.05) is 12.3 Å². The highest BCUT2D eigenvalue weighted by molar-refractivity contribution is 8.00. The number of thioether (sulfide) groups is 1. The van der Waals surface area contributed by atoms with Crippen molar-refractivity contribution in [2.24, 2.45) is 0 Å². The topological polar surface area (TPSA) is 12.0 Å². The number of unbranched alkanes of at least 4 members (excludes halogenated alkanes) is 2. The van der Waals surface area contributed by atoms with Crippen LogP contribution >= 0.6 is 11.8 Å². The summed E-state index contributed by atoms with van der Waals surface area (Å²) in [5.41, 5.74) is 0. The highest BCUT2D eigenvalue weighted by Crippen LogP contribution is 2.25. The molecule has 1 fully saturated rings. The molecule has 1 saturated heterocycles. The van der Waals surface area contributed by atoms with Crippen LogP contribution in [0.15, 0.2) is 0 Å². The molecule has 0 aliphatic carbocycles. The smallest absolute Gasteiger partial charge is 0.0168 e. The van der Waals surface area contributed by atoms with Gasteiger partial charge in [0.2, 0.25) is 0 Å². The van der Waals surface area contributed by atoms with Gasteiger partial charge in [-0.3, -0.25) is 0 Å². The van der Waals surface area contributed by atoms with Crippen LogP contribution in [0.1, 0.15) is 32.6 Å². The molecule has 1 aliphatic rings. The molecule has 2 heteroatoms. The van der Waals surface area contributed by atoms with Crippen LogP contribution < -0.4 is 5.32 Å². The Bertz CT molecular complexity index is 173. The lowest BCUT2D eigenvalue weighted by molar-refractivity contribution is 0.522. The number of nitrogens with one attached hydrogen (secondary N) is 1. The van der Waals surface area contributed by atoms with Crippen molar-refractivity contribution in [1.29, 1.82) is 0 Å². The maximum absolute atomic E-state index is 5.18. The Hall–Kier alpha value is -0.130. The van der Waals surface area contributed by atoms with Crippen LogP contribution in [0.3, 0.4) is 0 Å². The summed E-state index contributed by atoms with van der Waals surface area (Å²) < 4.78 is 0. The zero-order chi connectivity index (χ0) is 9.52. The lowest BCUT2D eigenvalue weighted by Crippen LogP contribution is -2.29. The Balaban J connectivity index is 1.92. The van der Waals surface area contributed by atoms with Gasteiger partial charge in [-0.2, -0.15) is 11.8 Å². The molecule has 0 spiro atoms. The van der Waals surface area contributed by atoms with E-state index in [-0.39, 0.29) is 0 Å². The fraction of sp³-hybridized carbons (Fsp3) is 0.818. The van der Waals surface area contributed by atoms with Gasteiger partial charge >= 0.3 is 0 Å². The van der Waals surface area contributed by atoms with Gasteiger partial charge in [0.15, 0.2) is 0 Å². The molecular weight excluding hydrogens is 178 g/mol. The predicted molar refractivity (Wildman–Crippen MR) is 61.0 cm³/mol. The molecule has 1 nitrogen and oxygen atoms in total. The van der Waals surface area contributed by atoms with Gasteiger partial charge < -0.3 is 5.32 Å². The van der Waals surface area contributed by atoms with Gasteiger partial charge in [-0.1, -0.05) is 6.92 Å². The van der Waals surface area contributed by atoms with Crippen LogP contribution in [0.4, 0.5) is 0 Å². The van der Waals surface area contributed by atoms with Crippen LogP contribution in [-0.2, 0) is 0 Å². The first-order valence-corrected chi connectivity index (χ1v) is 6.16. The molecular formula is C11H19NS. The van der Waals surface area contributed by atoms with E-state index in [2.05, 4.69) is 29.9 Å². The van der Waals surface area contributed by atoms with E-state index in [0.29, 0.717) is 0 Å². The molecule has 0 aromatic carbocycles. The second-order valence-electron chi connectivity index (χ2n) is 3.69. The summed E-state index contributed by atoms with van der Waals surface area (Å²) in [6, 6.07) is 0.755. The summed E-state index contributed by atoms with van der Waals surface area (Å²) in [7, 11) is 0. The van der Waals surface area contributed by atoms with Crippen molar-refractivity contribution in [3.63, 3.8) is 0 Å². The van der Waals surface area contributed by atoms with Crippen molar-refractivity contribution >= 4 is 11.8 Å². The molecule has 2 atom stereocenters. The quantitative estimate of drug-likeness (QED) is 0.536. The maximum Gasteiger partial charge on any atom is 0.0168 e. The normalized spacial score (nSPS) is 27.4. The minimum Gasteiger partial charge on any atom is -0.313 e. The van der Waals surface area contributed by atoms with Crippen LogP contribution in [-0.4, -0.2) is 23.6 Å². The van der Waals surface area contributed by atoms with E-state index in [1.807, 2.05) is 0 Å². The fourth-order valence-electron chi connectivity index (χ4n) is 1.62. The molecule has 1 heterocycles. The van der Waals surface area contributed by atoms with E-state index >= 15 is 0 Å². The standard InChI is InChI=1S/C11H19NS/c1-3-4-5-6-7-12-11-8-10(2)13-9-11/h1,10-12H,4-9H2,2H3. The molecule has 0 aromatic heterocycles. The molecule has 13 heavy (non-hydrogen) atoms. The van der Waals surface area contributed by atoms with Crippen molar-refractivity contribution in [3.05, 3.63) is 0 Å². The molecule has 0 amide bonds. The molecule has 1 N–H and O–H groups in total. The molecule has 0 aromatic rings. The summed E-state index contributed by atoms with van der Waals surface area (Å²) in [6.07, 6.45) is 9.83. The van der Waals surface area contributed by atoms with Crippen molar-refractivity contribution in [1.82, 2.24) is 5.32 Å². The third-order valence-electron chi connectivity index (χ3n) is 2.38. The Labute approximate surface area is 86.1 Å². The Morgan fingerprint density at radius 2 is 2.38 bits per heavy atom. The minimum atomic E-state index is 0.755. The van der Waals surface area contributed by atoms with Gasteiger partial charge in [0, 0.05) is 23.5 Å². The van der Waals surface area contributed by atoms with E-state index < -0.39 is 0 Å². The first-order chi connectivity index (χ1) is 6.33. The van der Waals surface area contributed by atoms with E-state index in [1.165, 1.54) is 25.0 Å². The van der Waals surface area contributed by atoms with E-state index in [9.17, 15) is 0 Å². The van der Waals surface area contributed by atoms with Crippen molar-refractivity contribution in [3.8, 4) is 12.3 Å². The number of rotatable bonds is 5. The summed E-state index contributed by atoms with van der Waals surface area (Å²) in [5, 5.41) is 4.43. The molecule has 1 rings (SSSR count). The second kappa shape index (κ2) is 6.34. The summed E-state index contributed by atoms with van der Waals surface area (Å²) in [5.74, 6) is 3.96. The Kier molecular flexibility index (Phi) is 5.34. The molecule has 0 radical (unpaired) electrons. The van der Waals surface area contributed by atoms with Gasteiger partial charge in [-0.15, -0.1) is 12.3 Å². The largest absolute Gasteiger partial charge is 0.313 e. The van der Waals surface area contributed by atoms with Crippen molar-refractivity contribution in [2.45, 2.75) is 43.9 Å². The highest BCUT2D eigenvalue weighted by Gasteiger charge is 2.20. The summed E-state index contributed by atoms with van der Waals surface area (Å²) in [6.45, 7) is 3.45. The summed E-state index contributed by atoms with van der Waals surface area (Å²) >= 11 is 2.08. The zero-order valence-corrected chi connectivity index (χ0v) is 9.20. The minimum absolute atomic E-state index is 0.755. The first kappa shape index (κ1) is 10.9. The van der Waals surface area contributed by atoms with Crippen molar-refractivity contribution < 1.29 is 0 Å². The van der Waals surface area contributed by atoms with Crippen LogP contribution in [0.2, 0.25) is 0 Å². The van der Waals surface area contributed by atoms with E-state index in [1.54, 1.807) is 0 Å². The van der Waals surface area contributed by atoms with Gasteiger partial charge in [0.1, 0.15) is 0 Å². The average Bonchev–Trinajstić information content (AvgIpc) is 2.51. The first-order valence-electron chi connectivity index (χ1n) is 5.11. The molecule has 2 unspecified atom stereocenters. The summed E-state index contributed by atoms with van der Waals surface area (Å²) in [4.78, 5) is 0. The van der Waals surface area contributed by atoms with Gasteiger partial charge in [-0.25, -0.2) is 0 Å². The zero-order valence-electron chi connectivity index (χ0n) is 8.38. The Morgan fingerprint density at radius 1 is 1.54 bits per heavy atom. The second-order valence-corrected chi connectivity index (χ2v) is 5.16. The van der Waals surface area contributed by atoms with Crippen LogP contribution in [0.25, 0.3) is 0 Å².